The molecule has 1 amide bonds. The first-order chi connectivity index (χ1) is 13.7. The van der Waals surface area contributed by atoms with Gasteiger partial charge in [0.2, 0.25) is 5.91 Å². The molecule has 1 aliphatic carbocycles. The van der Waals surface area contributed by atoms with Crippen molar-refractivity contribution in [1.82, 2.24) is 4.98 Å². The molecule has 0 bridgehead atoms. The predicted octanol–water partition coefficient (Wildman–Crippen LogP) is 6.14. The first-order valence-corrected chi connectivity index (χ1v) is 11.2. The Bertz CT molecular complexity index is 959. The summed E-state index contributed by atoms with van der Waals surface area (Å²) in [5.41, 5.74) is 3.35. The zero-order valence-electron chi connectivity index (χ0n) is 16.7. The van der Waals surface area contributed by atoms with Crippen molar-refractivity contribution in [3.8, 4) is 6.07 Å². The maximum Gasteiger partial charge on any atom is 0.234 e. The van der Waals surface area contributed by atoms with Gasteiger partial charge in [-0.2, -0.15) is 5.26 Å². The Labute approximate surface area is 186 Å². The van der Waals surface area contributed by atoms with Gasteiger partial charge in [0.05, 0.1) is 27.0 Å². The summed E-state index contributed by atoms with van der Waals surface area (Å²) in [5, 5.41) is 13.7. The molecule has 1 aromatic heterocycles. The predicted molar refractivity (Wildman–Crippen MR) is 120 cm³/mol. The van der Waals surface area contributed by atoms with Gasteiger partial charge in [0.15, 0.2) is 0 Å². The van der Waals surface area contributed by atoms with Gasteiger partial charge in [0.1, 0.15) is 11.1 Å². The Morgan fingerprint density at radius 2 is 2.03 bits per heavy atom. The number of aryl methyl sites for hydroxylation is 1. The fourth-order valence-electron chi connectivity index (χ4n) is 3.50. The van der Waals surface area contributed by atoms with Gasteiger partial charge in [-0.15, -0.1) is 0 Å². The van der Waals surface area contributed by atoms with Crippen LogP contribution in [0.3, 0.4) is 0 Å². The molecule has 1 heterocycles. The molecule has 1 atom stereocenters. The molecule has 7 heteroatoms. The second-order valence-electron chi connectivity index (χ2n) is 8.30. The van der Waals surface area contributed by atoms with Crippen LogP contribution in [0, 0.1) is 22.7 Å². The molecule has 1 aliphatic rings. The number of thioether (sulfide) groups is 1. The van der Waals surface area contributed by atoms with E-state index < -0.39 is 0 Å². The smallest absolute Gasteiger partial charge is 0.234 e. The van der Waals surface area contributed by atoms with Crippen LogP contribution >= 0.6 is 35.0 Å². The number of carbonyl (C=O) groups is 1. The lowest BCUT2D eigenvalue weighted by Gasteiger charge is -2.34. The van der Waals surface area contributed by atoms with E-state index >= 15 is 0 Å². The number of nitrogens with zero attached hydrogens (tertiary/aromatic N) is 2. The molecule has 0 fully saturated rings. The number of nitriles is 1. The van der Waals surface area contributed by atoms with Crippen LogP contribution in [0.2, 0.25) is 10.0 Å². The van der Waals surface area contributed by atoms with Gasteiger partial charge in [-0.1, -0.05) is 61.8 Å². The molecule has 2 aromatic rings. The van der Waals surface area contributed by atoms with E-state index in [0.29, 0.717) is 32.2 Å². The van der Waals surface area contributed by atoms with Crippen LogP contribution in [0.5, 0.6) is 0 Å². The second kappa shape index (κ2) is 8.95. The maximum absolute atomic E-state index is 12.4. The summed E-state index contributed by atoms with van der Waals surface area (Å²) in [6.45, 7) is 6.78. The SMILES string of the molecule is CC(C)(C)C1CCc2nc(SCC(=O)Nc3c(Cl)cccc3Cl)c(C#N)cc2C1. The summed E-state index contributed by atoms with van der Waals surface area (Å²) < 4.78 is 0. The molecule has 3 rings (SSSR count). The molecular weight excluding hydrogens is 425 g/mol. The van der Waals surface area contributed by atoms with Crippen LogP contribution in [-0.2, 0) is 17.6 Å². The number of benzene rings is 1. The number of hydrogen-bond acceptors (Lipinski definition) is 4. The van der Waals surface area contributed by atoms with Crippen LogP contribution in [0.4, 0.5) is 5.69 Å². The highest BCUT2D eigenvalue weighted by molar-refractivity contribution is 8.00. The molecule has 0 saturated heterocycles. The Balaban J connectivity index is 1.72. The molecule has 152 valence electrons. The molecule has 29 heavy (non-hydrogen) atoms. The van der Waals surface area contributed by atoms with Crippen LogP contribution in [-0.4, -0.2) is 16.6 Å². The number of amides is 1. The summed E-state index contributed by atoms with van der Waals surface area (Å²) in [5.74, 6) is 0.446. The largest absolute Gasteiger partial charge is 0.323 e. The summed E-state index contributed by atoms with van der Waals surface area (Å²) in [6, 6.07) is 9.23. The van der Waals surface area contributed by atoms with Crippen molar-refractivity contribution in [3.63, 3.8) is 0 Å². The van der Waals surface area contributed by atoms with Crippen molar-refractivity contribution < 1.29 is 4.79 Å². The van der Waals surface area contributed by atoms with Crippen LogP contribution in [0.1, 0.15) is 44.0 Å². The van der Waals surface area contributed by atoms with E-state index in [9.17, 15) is 10.1 Å². The van der Waals surface area contributed by atoms with Gasteiger partial charge < -0.3 is 5.32 Å². The van der Waals surface area contributed by atoms with E-state index in [0.717, 1.165) is 30.5 Å². The molecule has 0 spiro atoms. The van der Waals surface area contributed by atoms with Gasteiger partial charge in [0, 0.05) is 5.69 Å². The minimum absolute atomic E-state index is 0.118. The highest BCUT2D eigenvalue weighted by Crippen LogP contribution is 2.38. The number of anilines is 1. The molecule has 1 aromatic carbocycles. The van der Waals surface area contributed by atoms with Crippen LogP contribution in [0.25, 0.3) is 0 Å². The Hall–Kier alpha value is -1.74. The van der Waals surface area contributed by atoms with Gasteiger partial charge in [-0.05, 0) is 54.4 Å². The molecular formula is C22H23Cl2N3OS. The standard InChI is InChI=1S/C22H23Cl2N3OS/c1-22(2,3)15-7-8-18-13(10-15)9-14(11-25)21(26-18)29-12-19(28)27-20-16(23)5-4-6-17(20)24/h4-6,9,15H,7-8,10,12H2,1-3H3,(H,27,28). The average molecular weight is 448 g/mol. The topological polar surface area (TPSA) is 65.8 Å². The minimum atomic E-state index is -0.249. The average Bonchev–Trinajstić information content (AvgIpc) is 2.67. The third-order valence-electron chi connectivity index (χ3n) is 5.26. The van der Waals surface area contributed by atoms with E-state index in [-0.39, 0.29) is 17.1 Å². The summed E-state index contributed by atoms with van der Waals surface area (Å²) in [7, 11) is 0. The number of nitrogens with one attached hydrogen (secondary N) is 1. The maximum atomic E-state index is 12.4. The number of rotatable bonds is 4. The third-order valence-corrected chi connectivity index (χ3v) is 6.89. The van der Waals surface area contributed by atoms with Crippen LogP contribution < -0.4 is 5.32 Å². The second-order valence-corrected chi connectivity index (χ2v) is 10.1. The van der Waals surface area contributed by atoms with Crippen LogP contribution in [0.15, 0.2) is 29.3 Å². The number of hydrogen-bond donors (Lipinski definition) is 1. The summed E-state index contributed by atoms with van der Waals surface area (Å²) >= 11 is 13.5. The fourth-order valence-corrected chi connectivity index (χ4v) is 4.77. The van der Waals surface area contributed by atoms with Gasteiger partial charge in [-0.25, -0.2) is 4.98 Å². The Kier molecular flexibility index (Phi) is 6.78. The fraction of sp³-hybridized carbons (Fsp3) is 0.409. The van der Waals surface area contributed by atoms with E-state index in [4.69, 9.17) is 28.2 Å². The highest BCUT2D eigenvalue weighted by atomic mass is 35.5. The van der Waals surface area contributed by atoms with Crippen molar-refractivity contribution in [1.29, 1.82) is 5.26 Å². The lowest BCUT2D eigenvalue weighted by molar-refractivity contribution is -0.113. The van der Waals surface area contributed by atoms with Gasteiger partial charge >= 0.3 is 0 Å². The summed E-state index contributed by atoms with van der Waals surface area (Å²) in [4.78, 5) is 17.1. The molecule has 0 aliphatic heterocycles. The number of carbonyl (C=O) groups excluding carboxylic acids is 1. The number of aromatic nitrogens is 1. The molecule has 1 N–H and O–H groups in total. The molecule has 0 saturated carbocycles. The third kappa shape index (κ3) is 5.25. The Morgan fingerprint density at radius 1 is 1.34 bits per heavy atom. The number of fused-ring (bicyclic) bond motifs is 1. The monoisotopic (exact) mass is 447 g/mol. The zero-order valence-corrected chi connectivity index (χ0v) is 19.0. The van der Waals surface area contributed by atoms with Crippen molar-refractivity contribution in [2.45, 2.75) is 45.1 Å². The summed E-state index contributed by atoms with van der Waals surface area (Å²) in [6.07, 6.45) is 2.93. The number of para-hydroxylation sites is 1. The molecule has 0 radical (unpaired) electrons. The van der Waals surface area contributed by atoms with Gasteiger partial charge in [0.25, 0.3) is 0 Å². The van der Waals surface area contributed by atoms with Crippen molar-refractivity contribution in [2.75, 3.05) is 11.1 Å². The lowest BCUT2D eigenvalue weighted by Crippen LogP contribution is -2.27. The first-order valence-electron chi connectivity index (χ1n) is 9.48. The normalized spacial score (nSPS) is 16.1. The number of pyridine rings is 1. The van der Waals surface area contributed by atoms with E-state index in [1.165, 1.54) is 11.8 Å². The van der Waals surface area contributed by atoms with Gasteiger partial charge in [-0.3, -0.25) is 4.79 Å². The van der Waals surface area contributed by atoms with E-state index in [2.05, 4.69) is 32.2 Å². The quantitative estimate of drug-likeness (QED) is 0.571. The minimum Gasteiger partial charge on any atom is -0.323 e. The van der Waals surface area contributed by atoms with Crippen molar-refractivity contribution in [2.24, 2.45) is 11.3 Å². The number of halogens is 2. The van der Waals surface area contributed by atoms with E-state index in [1.54, 1.807) is 18.2 Å². The molecule has 4 nitrogen and oxygen atoms in total. The lowest BCUT2D eigenvalue weighted by atomic mass is 9.71. The Morgan fingerprint density at radius 3 is 2.66 bits per heavy atom. The first kappa shape index (κ1) is 22.0. The molecule has 1 unspecified atom stereocenters. The van der Waals surface area contributed by atoms with Crippen molar-refractivity contribution in [3.05, 3.63) is 51.1 Å². The van der Waals surface area contributed by atoms with E-state index in [1.807, 2.05) is 6.07 Å². The van der Waals surface area contributed by atoms with Crippen molar-refractivity contribution >= 4 is 46.6 Å². The highest BCUT2D eigenvalue weighted by Gasteiger charge is 2.30. The zero-order chi connectivity index (χ0) is 21.2.